The van der Waals surface area contributed by atoms with E-state index in [0.717, 1.165) is 33.5 Å². The molecule has 0 saturated heterocycles. The van der Waals surface area contributed by atoms with Gasteiger partial charge in [-0.15, -0.1) is 0 Å². The monoisotopic (exact) mass is 339 g/mol. The van der Waals surface area contributed by atoms with Crippen molar-refractivity contribution in [3.8, 4) is 17.2 Å². The topological polar surface area (TPSA) is 30.5 Å². The van der Waals surface area contributed by atoms with Crippen LogP contribution in [-0.4, -0.2) is 7.11 Å². The van der Waals surface area contributed by atoms with Gasteiger partial charge in [0.1, 0.15) is 11.5 Å². The van der Waals surface area contributed by atoms with E-state index in [0.29, 0.717) is 6.54 Å². The lowest BCUT2D eigenvalue weighted by Gasteiger charge is -2.14. The third kappa shape index (κ3) is 4.21. The van der Waals surface area contributed by atoms with Crippen molar-refractivity contribution >= 4 is 17.3 Å². The van der Waals surface area contributed by atoms with Crippen LogP contribution in [0.3, 0.4) is 0 Å². The Kier molecular flexibility index (Phi) is 5.24. The quantitative estimate of drug-likeness (QED) is 0.620. The summed E-state index contributed by atoms with van der Waals surface area (Å²) >= 11 is 5.93. The fraction of sp³-hybridized carbons (Fsp3) is 0.100. The van der Waals surface area contributed by atoms with E-state index in [-0.39, 0.29) is 0 Å². The molecule has 0 aliphatic heterocycles. The van der Waals surface area contributed by atoms with E-state index < -0.39 is 0 Å². The zero-order valence-electron chi connectivity index (χ0n) is 13.3. The molecule has 4 heteroatoms. The smallest absolute Gasteiger partial charge is 0.150 e. The number of rotatable bonds is 6. The Morgan fingerprint density at radius 2 is 1.62 bits per heavy atom. The minimum atomic E-state index is 0.662. The summed E-state index contributed by atoms with van der Waals surface area (Å²) in [7, 11) is 1.65. The number of para-hydroxylation sites is 1. The van der Waals surface area contributed by atoms with Crippen molar-refractivity contribution in [1.82, 2.24) is 0 Å². The molecule has 0 amide bonds. The second-order valence-corrected chi connectivity index (χ2v) is 5.69. The van der Waals surface area contributed by atoms with Crippen molar-refractivity contribution in [3.05, 3.63) is 83.4 Å². The van der Waals surface area contributed by atoms with Crippen molar-refractivity contribution in [2.75, 3.05) is 12.4 Å². The van der Waals surface area contributed by atoms with Gasteiger partial charge in [-0.2, -0.15) is 0 Å². The summed E-state index contributed by atoms with van der Waals surface area (Å²) in [6.45, 7) is 0.662. The Hall–Kier alpha value is -2.65. The first-order chi connectivity index (χ1) is 11.7. The number of methoxy groups -OCH3 is 1. The standard InChI is InChI=1S/C20H18ClNO2/c1-23-18-11-12-20(24-17-5-3-2-4-6-17)19(13-18)22-14-15-7-9-16(21)10-8-15/h2-13,22H,14H2,1H3. The first-order valence-corrected chi connectivity index (χ1v) is 8.01. The van der Waals surface area contributed by atoms with Crippen LogP contribution in [0, 0.1) is 0 Å². The van der Waals surface area contributed by atoms with Gasteiger partial charge in [-0.1, -0.05) is 41.9 Å². The maximum Gasteiger partial charge on any atom is 0.150 e. The highest BCUT2D eigenvalue weighted by atomic mass is 35.5. The summed E-state index contributed by atoms with van der Waals surface area (Å²) in [5, 5.41) is 4.13. The molecule has 24 heavy (non-hydrogen) atoms. The van der Waals surface area contributed by atoms with E-state index in [1.54, 1.807) is 7.11 Å². The number of hydrogen-bond acceptors (Lipinski definition) is 3. The molecule has 3 rings (SSSR count). The van der Waals surface area contributed by atoms with Gasteiger partial charge in [0.2, 0.25) is 0 Å². The van der Waals surface area contributed by atoms with Crippen LogP contribution in [0.15, 0.2) is 72.8 Å². The van der Waals surface area contributed by atoms with Gasteiger partial charge < -0.3 is 14.8 Å². The summed E-state index contributed by atoms with van der Waals surface area (Å²) in [5.74, 6) is 2.31. The molecule has 1 N–H and O–H groups in total. The van der Waals surface area contributed by atoms with Gasteiger partial charge in [-0.3, -0.25) is 0 Å². The number of nitrogens with one attached hydrogen (secondary N) is 1. The molecule has 0 aliphatic carbocycles. The van der Waals surface area contributed by atoms with E-state index in [2.05, 4.69) is 5.32 Å². The summed E-state index contributed by atoms with van der Waals surface area (Å²) in [6.07, 6.45) is 0. The first-order valence-electron chi connectivity index (χ1n) is 7.64. The lowest BCUT2D eigenvalue weighted by Crippen LogP contribution is -2.01. The Morgan fingerprint density at radius 3 is 2.33 bits per heavy atom. The molecular weight excluding hydrogens is 322 g/mol. The molecule has 0 fully saturated rings. The Morgan fingerprint density at radius 1 is 0.875 bits per heavy atom. The van der Waals surface area contributed by atoms with Crippen LogP contribution in [0.1, 0.15) is 5.56 Å². The average Bonchev–Trinajstić information content (AvgIpc) is 2.63. The second-order valence-electron chi connectivity index (χ2n) is 5.26. The third-order valence-corrected chi connectivity index (χ3v) is 3.81. The summed E-state index contributed by atoms with van der Waals surface area (Å²) in [5.41, 5.74) is 2.00. The Balaban J connectivity index is 1.80. The van der Waals surface area contributed by atoms with Gasteiger partial charge in [-0.25, -0.2) is 0 Å². The maximum atomic E-state index is 5.98. The van der Waals surface area contributed by atoms with Crippen LogP contribution in [0.25, 0.3) is 0 Å². The van der Waals surface area contributed by atoms with Crippen molar-refractivity contribution in [2.24, 2.45) is 0 Å². The highest BCUT2D eigenvalue weighted by Gasteiger charge is 2.07. The van der Waals surface area contributed by atoms with Gasteiger partial charge in [0.25, 0.3) is 0 Å². The minimum Gasteiger partial charge on any atom is -0.497 e. The molecule has 3 nitrogen and oxygen atoms in total. The minimum absolute atomic E-state index is 0.662. The number of benzene rings is 3. The summed E-state index contributed by atoms with van der Waals surface area (Å²) in [4.78, 5) is 0. The molecule has 0 radical (unpaired) electrons. The highest BCUT2D eigenvalue weighted by molar-refractivity contribution is 6.30. The summed E-state index contributed by atoms with van der Waals surface area (Å²) in [6, 6.07) is 23.1. The van der Waals surface area contributed by atoms with E-state index >= 15 is 0 Å². The lowest BCUT2D eigenvalue weighted by atomic mass is 10.2. The SMILES string of the molecule is COc1ccc(Oc2ccccc2)c(NCc2ccc(Cl)cc2)c1. The summed E-state index contributed by atoms with van der Waals surface area (Å²) < 4.78 is 11.3. The van der Waals surface area contributed by atoms with Crippen molar-refractivity contribution in [1.29, 1.82) is 0 Å². The molecule has 0 atom stereocenters. The normalized spacial score (nSPS) is 10.2. The third-order valence-electron chi connectivity index (χ3n) is 3.55. The molecule has 122 valence electrons. The molecule has 0 saturated carbocycles. The zero-order chi connectivity index (χ0) is 16.8. The van der Waals surface area contributed by atoms with Crippen LogP contribution < -0.4 is 14.8 Å². The van der Waals surface area contributed by atoms with Gasteiger partial charge in [-0.05, 0) is 42.0 Å². The Bertz CT molecular complexity index is 788. The molecule has 0 aliphatic rings. The molecule has 0 heterocycles. The van der Waals surface area contributed by atoms with Crippen LogP contribution in [0.2, 0.25) is 5.02 Å². The van der Waals surface area contributed by atoms with E-state index in [1.165, 1.54) is 0 Å². The van der Waals surface area contributed by atoms with E-state index in [4.69, 9.17) is 21.1 Å². The van der Waals surface area contributed by atoms with Gasteiger partial charge in [0.15, 0.2) is 5.75 Å². The largest absolute Gasteiger partial charge is 0.497 e. The predicted molar refractivity (Wildman–Crippen MR) is 98.3 cm³/mol. The van der Waals surface area contributed by atoms with Gasteiger partial charge in [0.05, 0.1) is 12.8 Å². The first kappa shape index (κ1) is 16.2. The fourth-order valence-corrected chi connectivity index (χ4v) is 2.40. The number of halogens is 1. The fourth-order valence-electron chi connectivity index (χ4n) is 2.28. The van der Waals surface area contributed by atoms with Crippen LogP contribution in [0.5, 0.6) is 17.2 Å². The zero-order valence-corrected chi connectivity index (χ0v) is 14.1. The van der Waals surface area contributed by atoms with Gasteiger partial charge >= 0.3 is 0 Å². The van der Waals surface area contributed by atoms with Crippen molar-refractivity contribution in [2.45, 2.75) is 6.54 Å². The van der Waals surface area contributed by atoms with E-state index in [1.807, 2.05) is 72.8 Å². The molecule has 0 spiro atoms. The average molecular weight is 340 g/mol. The second kappa shape index (κ2) is 7.75. The van der Waals surface area contributed by atoms with Crippen LogP contribution >= 0.6 is 11.6 Å². The molecular formula is C20H18ClNO2. The molecule has 3 aromatic carbocycles. The predicted octanol–water partition coefficient (Wildman–Crippen LogP) is 5.75. The maximum absolute atomic E-state index is 5.98. The number of anilines is 1. The highest BCUT2D eigenvalue weighted by Crippen LogP contribution is 2.33. The van der Waals surface area contributed by atoms with Gasteiger partial charge in [0, 0.05) is 17.6 Å². The molecule has 0 aromatic heterocycles. The molecule has 0 bridgehead atoms. The van der Waals surface area contributed by atoms with Crippen LogP contribution in [0.4, 0.5) is 5.69 Å². The molecule has 3 aromatic rings. The number of hydrogen-bond donors (Lipinski definition) is 1. The van der Waals surface area contributed by atoms with Crippen molar-refractivity contribution < 1.29 is 9.47 Å². The lowest BCUT2D eigenvalue weighted by molar-refractivity contribution is 0.413. The number of ether oxygens (including phenoxy) is 2. The van der Waals surface area contributed by atoms with E-state index in [9.17, 15) is 0 Å². The Labute approximate surface area is 146 Å². The van der Waals surface area contributed by atoms with Crippen molar-refractivity contribution in [3.63, 3.8) is 0 Å². The van der Waals surface area contributed by atoms with Crippen LogP contribution in [-0.2, 0) is 6.54 Å². The molecule has 0 unspecified atom stereocenters.